The van der Waals surface area contributed by atoms with E-state index in [0.29, 0.717) is 38.5 Å². The van der Waals surface area contributed by atoms with Crippen molar-refractivity contribution in [3.8, 4) is 5.75 Å². The highest BCUT2D eigenvalue weighted by Gasteiger charge is 2.53. The summed E-state index contributed by atoms with van der Waals surface area (Å²) in [6.45, 7) is 6.02. The molecule has 3 atom stereocenters. The van der Waals surface area contributed by atoms with Crippen LogP contribution in [0.4, 0.5) is 0 Å². The molecule has 1 aliphatic carbocycles. The van der Waals surface area contributed by atoms with Gasteiger partial charge >= 0.3 is 0 Å². The molecule has 0 aromatic heterocycles. The number of nitrogens with one attached hydrogen (secondary N) is 3. The zero-order chi connectivity index (χ0) is 33.0. The molecule has 4 bridgehead atoms. The summed E-state index contributed by atoms with van der Waals surface area (Å²) in [6, 6.07) is 13.8. The van der Waals surface area contributed by atoms with Crippen LogP contribution in [0.2, 0.25) is 0 Å². The maximum absolute atomic E-state index is 14.0. The van der Waals surface area contributed by atoms with Crippen LogP contribution >= 0.6 is 0 Å². The molecule has 1 saturated carbocycles. The molecule has 0 radical (unpaired) electrons. The van der Waals surface area contributed by atoms with Gasteiger partial charge in [-0.15, -0.1) is 0 Å². The molecule has 2 aromatic rings. The fraction of sp³-hybridized carbons (Fsp3) is 0.568. The van der Waals surface area contributed by atoms with Crippen molar-refractivity contribution in [3.63, 3.8) is 0 Å². The molecule has 10 heteroatoms. The van der Waals surface area contributed by atoms with Gasteiger partial charge in [0.2, 0.25) is 23.6 Å². The number of amides is 4. The van der Waals surface area contributed by atoms with Crippen molar-refractivity contribution in [1.29, 1.82) is 0 Å². The van der Waals surface area contributed by atoms with E-state index in [-0.39, 0.29) is 42.0 Å². The highest BCUT2D eigenvalue weighted by Crippen LogP contribution is 2.51. The Morgan fingerprint density at radius 1 is 1.04 bits per heavy atom. The first-order chi connectivity index (χ1) is 22.7. The molecule has 1 unspecified atom stereocenters. The standard InChI is InChI=1S/C37H49N5O5/c1-25-10-12-30-17-28(25)21-38-35(45)31(13-11-26-7-4-3-5-8-26)39-36(46)32(40-34(44)29-19-37(20-29)23-41(2)24-37)18-33(43)42-15-6-9-27(22-42)14-16-47-30/h3-5,7-8,10,12,17,27,29,31-32H,6,9,11,13-16,18-24H2,1-2H3,(H,38,45)(H,39,46)(H,40,44)/t27?,31-,32-/m0/s1. The highest BCUT2D eigenvalue weighted by atomic mass is 16.5. The van der Waals surface area contributed by atoms with Crippen molar-refractivity contribution < 1.29 is 23.9 Å². The smallest absolute Gasteiger partial charge is 0.243 e. The largest absolute Gasteiger partial charge is 0.494 e. The molecule has 2 saturated heterocycles. The zero-order valence-electron chi connectivity index (χ0n) is 27.8. The van der Waals surface area contributed by atoms with Gasteiger partial charge in [-0.1, -0.05) is 36.4 Å². The van der Waals surface area contributed by atoms with E-state index in [1.54, 1.807) is 0 Å². The first kappa shape index (κ1) is 33.0. The van der Waals surface area contributed by atoms with E-state index in [9.17, 15) is 19.2 Å². The minimum absolute atomic E-state index is 0.141. The third-order valence-corrected chi connectivity index (χ3v) is 10.6. The van der Waals surface area contributed by atoms with Gasteiger partial charge in [-0.2, -0.15) is 0 Å². The second-order valence-corrected chi connectivity index (χ2v) is 14.4. The van der Waals surface area contributed by atoms with Crippen LogP contribution in [0, 0.1) is 24.2 Å². The summed E-state index contributed by atoms with van der Waals surface area (Å²) in [5.74, 6) is -0.281. The molecule has 3 fully saturated rings. The molecule has 47 heavy (non-hydrogen) atoms. The van der Waals surface area contributed by atoms with Gasteiger partial charge in [0, 0.05) is 38.6 Å². The minimum atomic E-state index is -1.07. The summed E-state index contributed by atoms with van der Waals surface area (Å²) in [5, 5.41) is 8.92. The van der Waals surface area contributed by atoms with Crippen LogP contribution in [0.3, 0.4) is 0 Å². The van der Waals surface area contributed by atoms with Gasteiger partial charge in [0.25, 0.3) is 0 Å². The quantitative estimate of drug-likeness (QED) is 0.461. The average molecular weight is 644 g/mol. The Bertz CT molecular complexity index is 1450. The van der Waals surface area contributed by atoms with Crippen LogP contribution in [0.25, 0.3) is 0 Å². The van der Waals surface area contributed by atoms with Gasteiger partial charge < -0.3 is 30.5 Å². The lowest BCUT2D eigenvalue weighted by Crippen LogP contribution is -2.63. The molecular formula is C37H49N5O5. The van der Waals surface area contributed by atoms with Crippen molar-refractivity contribution in [2.24, 2.45) is 17.3 Å². The first-order valence-electron chi connectivity index (χ1n) is 17.3. The van der Waals surface area contributed by atoms with Gasteiger partial charge in [0.1, 0.15) is 17.8 Å². The number of hydrogen-bond donors (Lipinski definition) is 3. The number of aryl methyl sites for hydroxylation is 2. The number of carbonyl (C=O) groups is 4. The Morgan fingerprint density at radius 2 is 1.83 bits per heavy atom. The van der Waals surface area contributed by atoms with E-state index in [0.717, 1.165) is 67.6 Å². The summed E-state index contributed by atoms with van der Waals surface area (Å²) in [6.07, 6.45) is 5.10. The Balaban J connectivity index is 1.22. The zero-order valence-corrected chi connectivity index (χ0v) is 27.8. The monoisotopic (exact) mass is 643 g/mol. The predicted molar refractivity (Wildman–Crippen MR) is 178 cm³/mol. The van der Waals surface area contributed by atoms with E-state index in [4.69, 9.17) is 4.74 Å². The highest BCUT2D eigenvalue weighted by molar-refractivity contribution is 5.95. The SMILES string of the molecule is Cc1ccc2cc1CNC(=O)[C@H](CCc1ccccc1)NC(=O)[C@@H](NC(=O)C1CC3(C1)CN(C)C3)CC(=O)N1CCCC(CCO2)C1. The Labute approximate surface area is 278 Å². The van der Waals surface area contributed by atoms with E-state index in [2.05, 4.69) is 27.9 Å². The van der Waals surface area contributed by atoms with Crippen LogP contribution in [-0.4, -0.2) is 85.3 Å². The number of benzene rings is 2. The van der Waals surface area contributed by atoms with E-state index in [1.807, 2.05) is 60.4 Å². The van der Waals surface area contributed by atoms with Crippen molar-refractivity contribution in [2.45, 2.75) is 76.9 Å². The van der Waals surface area contributed by atoms with Crippen molar-refractivity contribution in [3.05, 3.63) is 65.2 Å². The van der Waals surface area contributed by atoms with E-state index in [1.165, 1.54) is 0 Å². The number of likely N-dealkylation sites (tertiary alicyclic amines) is 1. The minimum Gasteiger partial charge on any atom is -0.494 e. The second kappa shape index (κ2) is 14.5. The molecule has 1 spiro atoms. The lowest BCUT2D eigenvalue weighted by molar-refractivity contribution is -0.146. The topological polar surface area (TPSA) is 120 Å². The second-order valence-electron chi connectivity index (χ2n) is 14.4. The number of rotatable bonds is 5. The molecular weight excluding hydrogens is 594 g/mol. The number of hydrogen-bond acceptors (Lipinski definition) is 6. The number of carbonyl (C=O) groups excluding carboxylic acids is 4. The van der Waals surface area contributed by atoms with Crippen molar-refractivity contribution in [1.82, 2.24) is 25.8 Å². The molecule has 10 nitrogen and oxygen atoms in total. The molecule has 252 valence electrons. The van der Waals surface area contributed by atoms with Crippen LogP contribution in [-0.2, 0) is 32.1 Å². The van der Waals surface area contributed by atoms with Gasteiger partial charge in [-0.25, -0.2) is 0 Å². The summed E-state index contributed by atoms with van der Waals surface area (Å²) < 4.78 is 6.12. The number of ether oxygens (including phenoxy) is 1. The average Bonchev–Trinajstić information content (AvgIpc) is 3.03. The van der Waals surface area contributed by atoms with Crippen molar-refractivity contribution in [2.75, 3.05) is 39.8 Å². The fourth-order valence-electron chi connectivity index (χ4n) is 7.93. The number of nitrogens with zero attached hydrogens (tertiary/aromatic N) is 2. The maximum atomic E-state index is 14.0. The number of fused-ring (bicyclic) bond motifs is 4. The van der Waals surface area contributed by atoms with Crippen LogP contribution in [0.1, 0.15) is 61.6 Å². The van der Waals surface area contributed by atoms with Gasteiger partial charge in [0.15, 0.2) is 0 Å². The lowest BCUT2D eigenvalue weighted by Gasteiger charge is -2.57. The molecule has 4 aliphatic rings. The predicted octanol–water partition coefficient (Wildman–Crippen LogP) is 2.97. The fourth-order valence-corrected chi connectivity index (χ4v) is 7.93. The van der Waals surface area contributed by atoms with Crippen LogP contribution in [0.5, 0.6) is 5.75 Å². The Hall–Kier alpha value is -3.92. The third kappa shape index (κ3) is 8.15. The molecule has 2 aromatic carbocycles. The van der Waals surface area contributed by atoms with Crippen molar-refractivity contribution >= 4 is 23.6 Å². The molecule has 6 rings (SSSR count). The first-order valence-corrected chi connectivity index (χ1v) is 17.3. The van der Waals surface area contributed by atoms with Gasteiger partial charge in [0.05, 0.1) is 13.0 Å². The van der Waals surface area contributed by atoms with Gasteiger partial charge in [-0.05, 0) is 99.1 Å². The van der Waals surface area contributed by atoms with Crippen LogP contribution < -0.4 is 20.7 Å². The molecule has 4 amide bonds. The summed E-state index contributed by atoms with van der Waals surface area (Å²) in [5.41, 5.74) is 3.24. The summed E-state index contributed by atoms with van der Waals surface area (Å²) in [4.78, 5) is 58.9. The Morgan fingerprint density at radius 3 is 2.60 bits per heavy atom. The normalized spacial score (nSPS) is 25.7. The van der Waals surface area contributed by atoms with E-state index < -0.39 is 18.0 Å². The maximum Gasteiger partial charge on any atom is 0.243 e. The van der Waals surface area contributed by atoms with E-state index >= 15 is 0 Å². The Kier molecular flexibility index (Phi) is 10.2. The third-order valence-electron chi connectivity index (χ3n) is 10.6. The molecule has 3 N–H and O–H groups in total. The molecule has 3 aliphatic heterocycles. The van der Waals surface area contributed by atoms with Gasteiger partial charge in [-0.3, -0.25) is 19.2 Å². The number of piperidine rings is 1. The lowest BCUT2D eigenvalue weighted by atomic mass is 9.57. The summed E-state index contributed by atoms with van der Waals surface area (Å²) in [7, 11) is 2.08. The van der Waals surface area contributed by atoms with Crippen LogP contribution in [0.15, 0.2) is 48.5 Å². The molecule has 3 heterocycles. The summed E-state index contributed by atoms with van der Waals surface area (Å²) >= 11 is 0.